The summed E-state index contributed by atoms with van der Waals surface area (Å²) in [5.41, 5.74) is 3.61. The third-order valence-electron chi connectivity index (χ3n) is 4.53. The number of nitrogens with zero attached hydrogens (tertiary/aromatic N) is 1. The second kappa shape index (κ2) is 7.89. The summed E-state index contributed by atoms with van der Waals surface area (Å²) in [6.07, 6.45) is -0.265. The fourth-order valence-electron chi connectivity index (χ4n) is 2.81. The highest BCUT2D eigenvalue weighted by molar-refractivity contribution is 6.30. The molecule has 136 valence electrons. The van der Waals surface area contributed by atoms with Crippen molar-refractivity contribution in [1.82, 2.24) is 5.32 Å². The Hall–Kier alpha value is -2.37. The van der Waals surface area contributed by atoms with Crippen LogP contribution in [0.15, 0.2) is 42.5 Å². The van der Waals surface area contributed by atoms with Crippen LogP contribution in [0, 0.1) is 13.8 Å². The summed E-state index contributed by atoms with van der Waals surface area (Å²) in [4.78, 5) is 26.1. The highest BCUT2D eigenvalue weighted by Gasteiger charge is 2.27. The summed E-state index contributed by atoms with van der Waals surface area (Å²) in [5, 5.41) is 3.51. The average Bonchev–Trinajstić information content (AvgIpc) is 2.64. The Bertz CT molecular complexity index is 820. The van der Waals surface area contributed by atoms with E-state index in [1.54, 1.807) is 29.2 Å². The number of nitrogens with one attached hydrogen (secondary N) is 1. The molecule has 0 aliphatic carbocycles. The summed E-state index contributed by atoms with van der Waals surface area (Å²) in [5.74, 6) is -0.254. The molecule has 0 bridgehead atoms. The van der Waals surface area contributed by atoms with Crippen LogP contribution < -0.4 is 10.2 Å². The zero-order valence-corrected chi connectivity index (χ0v) is 15.5. The maximum absolute atomic E-state index is 12.3. The molecule has 1 atom stereocenters. The van der Waals surface area contributed by atoms with Crippen LogP contribution in [0.5, 0.6) is 0 Å². The average molecular weight is 373 g/mol. The second-order valence-electron chi connectivity index (χ2n) is 6.42. The molecule has 1 aliphatic heterocycles. The number of rotatable bonds is 4. The summed E-state index contributed by atoms with van der Waals surface area (Å²) < 4.78 is 5.56. The summed E-state index contributed by atoms with van der Waals surface area (Å²) in [6, 6.07) is 12.7. The Balaban J connectivity index is 1.61. The summed E-state index contributed by atoms with van der Waals surface area (Å²) in [6.45, 7) is 4.70. The predicted molar refractivity (Wildman–Crippen MR) is 102 cm³/mol. The van der Waals surface area contributed by atoms with Crippen molar-refractivity contribution in [2.45, 2.75) is 20.0 Å². The van der Waals surface area contributed by atoms with E-state index >= 15 is 0 Å². The van der Waals surface area contributed by atoms with Crippen molar-refractivity contribution in [1.29, 1.82) is 0 Å². The first kappa shape index (κ1) is 18.4. The zero-order chi connectivity index (χ0) is 18.7. The van der Waals surface area contributed by atoms with Crippen molar-refractivity contribution < 1.29 is 14.3 Å². The van der Waals surface area contributed by atoms with E-state index in [4.69, 9.17) is 16.3 Å². The Morgan fingerprint density at radius 2 is 1.92 bits per heavy atom. The van der Waals surface area contributed by atoms with Crippen LogP contribution in [-0.4, -0.2) is 37.6 Å². The Morgan fingerprint density at radius 1 is 1.19 bits per heavy atom. The number of carbonyl (C=O) groups is 2. The highest BCUT2D eigenvalue weighted by Crippen LogP contribution is 2.21. The summed E-state index contributed by atoms with van der Waals surface area (Å²) >= 11 is 5.90. The largest absolute Gasteiger partial charge is 0.365 e. The molecule has 0 saturated carbocycles. The number of hydrogen-bond acceptors (Lipinski definition) is 3. The molecule has 0 spiro atoms. The number of halogens is 1. The van der Waals surface area contributed by atoms with Gasteiger partial charge in [0, 0.05) is 22.8 Å². The van der Waals surface area contributed by atoms with E-state index in [9.17, 15) is 9.59 Å². The normalized spacial score (nSPS) is 17.3. The fourth-order valence-corrected chi connectivity index (χ4v) is 2.94. The van der Waals surface area contributed by atoms with E-state index in [1.165, 1.54) is 0 Å². The van der Waals surface area contributed by atoms with Gasteiger partial charge in [0.1, 0.15) is 6.61 Å². The number of carbonyl (C=O) groups excluding carboxylic acids is 2. The van der Waals surface area contributed by atoms with Gasteiger partial charge in [0.25, 0.3) is 11.8 Å². The molecule has 1 N–H and O–H groups in total. The lowest BCUT2D eigenvalue weighted by Gasteiger charge is -2.32. The first-order valence-electron chi connectivity index (χ1n) is 8.47. The Kier molecular flexibility index (Phi) is 5.59. The van der Waals surface area contributed by atoms with Gasteiger partial charge in [0.15, 0.2) is 0 Å². The standard InChI is InChI=1S/C20H21ClN2O3/c1-13-3-4-15(9-14(13)2)20(25)22-10-18-11-23(19(24)12-26-18)17-7-5-16(21)6-8-17/h3-9,18H,10-12H2,1-2H3,(H,22,25). The van der Waals surface area contributed by atoms with E-state index in [1.807, 2.05) is 32.0 Å². The maximum atomic E-state index is 12.3. The van der Waals surface area contributed by atoms with Gasteiger partial charge in [-0.25, -0.2) is 0 Å². The number of ether oxygens (including phenoxy) is 1. The minimum atomic E-state index is -0.265. The van der Waals surface area contributed by atoms with Gasteiger partial charge in [-0.05, 0) is 61.4 Å². The van der Waals surface area contributed by atoms with Crippen molar-refractivity contribution in [3.63, 3.8) is 0 Å². The van der Waals surface area contributed by atoms with Gasteiger partial charge >= 0.3 is 0 Å². The third-order valence-corrected chi connectivity index (χ3v) is 4.78. The van der Waals surface area contributed by atoms with Gasteiger partial charge in [0.2, 0.25) is 0 Å². The fraction of sp³-hybridized carbons (Fsp3) is 0.300. The van der Waals surface area contributed by atoms with Crippen molar-refractivity contribution >= 4 is 29.1 Å². The van der Waals surface area contributed by atoms with E-state index in [0.29, 0.717) is 23.7 Å². The number of benzene rings is 2. The molecule has 26 heavy (non-hydrogen) atoms. The van der Waals surface area contributed by atoms with E-state index < -0.39 is 0 Å². The molecule has 5 nitrogen and oxygen atoms in total. The monoisotopic (exact) mass is 372 g/mol. The molecule has 0 aromatic heterocycles. The van der Waals surface area contributed by atoms with Crippen molar-refractivity contribution in [2.24, 2.45) is 0 Å². The van der Waals surface area contributed by atoms with Crippen molar-refractivity contribution in [2.75, 3.05) is 24.6 Å². The number of aryl methyl sites for hydroxylation is 2. The summed E-state index contributed by atoms with van der Waals surface area (Å²) in [7, 11) is 0. The molecule has 1 saturated heterocycles. The lowest BCUT2D eigenvalue weighted by molar-refractivity contribution is -0.129. The minimum Gasteiger partial charge on any atom is -0.365 e. The highest BCUT2D eigenvalue weighted by atomic mass is 35.5. The molecular weight excluding hydrogens is 352 g/mol. The van der Waals surface area contributed by atoms with Gasteiger partial charge in [-0.2, -0.15) is 0 Å². The van der Waals surface area contributed by atoms with E-state index in [0.717, 1.165) is 16.8 Å². The minimum absolute atomic E-state index is 0.00714. The number of amides is 2. The quantitative estimate of drug-likeness (QED) is 0.897. The number of morpholine rings is 1. The number of anilines is 1. The molecule has 3 rings (SSSR count). The molecule has 6 heteroatoms. The lowest BCUT2D eigenvalue weighted by Crippen LogP contribution is -2.50. The smallest absolute Gasteiger partial charge is 0.253 e. The van der Waals surface area contributed by atoms with Crippen molar-refractivity contribution in [3.05, 3.63) is 64.2 Å². The van der Waals surface area contributed by atoms with Gasteiger partial charge < -0.3 is 15.0 Å². The van der Waals surface area contributed by atoms with Gasteiger partial charge in [0.05, 0.1) is 12.6 Å². The van der Waals surface area contributed by atoms with Gasteiger partial charge in [-0.15, -0.1) is 0 Å². The molecule has 2 aromatic carbocycles. The zero-order valence-electron chi connectivity index (χ0n) is 14.8. The van der Waals surface area contributed by atoms with Crippen LogP contribution in [0.4, 0.5) is 5.69 Å². The topological polar surface area (TPSA) is 58.6 Å². The first-order valence-corrected chi connectivity index (χ1v) is 8.85. The van der Waals surface area contributed by atoms with Crippen LogP contribution in [0.3, 0.4) is 0 Å². The second-order valence-corrected chi connectivity index (χ2v) is 6.86. The third kappa shape index (κ3) is 4.23. The Labute approximate surface area is 157 Å². The molecule has 2 amide bonds. The first-order chi connectivity index (χ1) is 12.4. The lowest BCUT2D eigenvalue weighted by atomic mass is 10.1. The molecule has 1 heterocycles. The van der Waals surface area contributed by atoms with E-state index in [2.05, 4.69) is 5.32 Å². The van der Waals surface area contributed by atoms with Crippen LogP contribution >= 0.6 is 11.6 Å². The SMILES string of the molecule is Cc1ccc(C(=O)NCC2CN(c3ccc(Cl)cc3)C(=O)CO2)cc1C. The molecule has 1 unspecified atom stereocenters. The maximum Gasteiger partial charge on any atom is 0.253 e. The van der Waals surface area contributed by atoms with Crippen LogP contribution in [0.25, 0.3) is 0 Å². The van der Waals surface area contributed by atoms with Crippen LogP contribution in [0.2, 0.25) is 5.02 Å². The van der Waals surface area contributed by atoms with Gasteiger partial charge in [-0.1, -0.05) is 17.7 Å². The molecule has 1 aliphatic rings. The molecule has 1 fully saturated rings. The van der Waals surface area contributed by atoms with E-state index in [-0.39, 0.29) is 24.5 Å². The van der Waals surface area contributed by atoms with Gasteiger partial charge in [-0.3, -0.25) is 9.59 Å². The molecule has 2 aromatic rings. The van der Waals surface area contributed by atoms with Crippen molar-refractivity contribution in [3.8, 4) is 0 Å². The van der Waals surface area contributed by atoms with Crippen LogP contribution in [0.1, 0.15) is 21.5 Å². The molecular formula is C20H21ClN2O3. The van der Waals surface area contributed by atoms with Crippen LogP contribution in [-0.2, 0) is 9.53 Å². The number of hydrogen-bond donors (Lipinski definition) is 1. The Morgan fingerprint density at radius 3 is 2.62 bits per heavy atom. The molecule has 0 radical (unpaired) electrons. The predicted octanol–water partition coefficient (Wildman–Crippen LogP) is 3.12.